The van der Waals surface area contributed by atoms with Crippen molar-refractivity contribution in [2.24, 2.45) is 0 Å². The van der Waals surface area contributed by atoms with Crippen molar-refractivity contribution in [3.63, 3.8) is 0 Å². The zero-order chi connectivity index (χ0) is 16.1. The first-order chi connectivity index (χ1) is 10.6. The summed E-state index contributed by atoms with van der Waals surface area (Å²) < 4.78 is 5.25. The van der Waals surface area contributed by atoms with Gasteiger partial charge in [0.1, 0.15) is 5.75 Å². The van der Waals surface area contributed by atoms with Gasteiger partial charge in [0.2, 0.25) is 0 Å². The second-order valence-electron chi connectivity index (χ2n) is 4.92. The summed E-state index contributed by atoms with van der Waals surface area (Å²) >= 11 is 6.27. The lowest BCUT2D eigenvalue weighted by molar-refractivity contribution is 0.102. The molecule has 0 aliphatic carbocycles. The van der Waals surface area contributed by atoms with Crippen molar-refractivity contribution in [2.45, 2.75) is 26.7 Å². The van der Waals surface area contributed by atoms with Crippen LogP contribution in [0.1, 0.15) is 35.3 Å². The fourth-order valence-corrected chi connectivity index (χ4v) is 2.77. The second kappa shape index (κ2) is 7.32. The average molecular weight is 318 g/mol. The van der Waals surface area contributed by atoms with Crippen LogP contribution in [0.4, 0.5) is 5.69 Å². The molecule has 0 radical (unpaired) electrons. The van der Waals surface area contributed by atoms with E-state index in [0.717, 1.165) is 29.7 Å². The van der Waals surface area contributed by atoms with Crippen LogP contribution in [0.25, 0.3) is 0 Å². The molecule has 0 heterocycles. The van der Waals surface area contributed by atoms with E-state index in [1.807, 2.05) is 31.2 Å². The van der Waals surface area contributed by atoms with Crippen molar-refractivity contribution < 1.29 is 9.53 Å². The fourth-order valence-electron chi connectivity index (χ4n) is 2.48. The maximum absolute atomic E-state index is 12.6. The van der Waals surface area contributed by atoms with Gasteiger partial charge in [-0.3, -0.25) is 4.79 Å². The molecule has 0 bridgehead atoms. The maximum Gasteiger partial charge on any atom is 0.259 e. The van der Waals surface area contributed by atoms with Crippen molar-refractivity contribution >= 4 is 23.2 Å². The predicted octanol–water partition coefficient (Wildman–Crippen LogP) is 4.73. The van der Waals surface area contributed by atoms with E-state index < -0.39 is 0 Å². The van der Waals surface area contributed by atoms with E-state index in [1.54, 1.807) is 19.2 Å². The van der Waals surface area contributed by atoms with E-state index in [0.29, 0.717) is 16.3 Å². The molecule has 1 N–H and O–H groups in total. The first-order valence-corrected chi connectivity index (χ1v) is 7.74. The minimum absolute atomic E-state index is 0.191. The predicted molar refractivity (Wildman–Crippen MR) is 91.2 cm³/mol. The summed E-state index contributed by atoms with van der Waals surface area (Å²) in [6.07, 6.45) is 1.58. The van der Waals surface area contributed by atoms with E-state index in [2.05, 4.69) is 12.2 Å². The number of nitrogens with one attached hydrogen (secondary N) is 1. The Balaban J connectivity index is 2.42. The van der Waals surface area contributed by atoms with Gasteiger partial charge in [-0.25, -0.2) is 0 Å². The number of amides is 1. The third kappa shape index (κ3) is 3.25. The number of ether oxygens (including phenoxy) is 1. The zero-order valence-corrected chi connectivity index (χ0v) is 13.8. The summed E-state index contributed by atoms with van der Waals surface area (Å²) in [4.78, 5) is 12.6. The highest BCUT2D eigenvalue weighted by molar-refractivity contribution is 6.32. The van der Waals surface area contributed by atoms with Gasteiger partial charge in [0.25, 0.3) is 5.91 Å². The standard InChI is InChI=1S/C18H20ClNO2/c1-4-12-10-11-15(19)13(5-2)17(12)20-18(21)14-8-6-7-9-16(14)22-3/h6-11H,4-5H2,1-3H3,(H,20,21). The van der Waals surface area contributed by atoms with Gasteiger partial charge < -0.3 is 10.1 Å². The molecule has 1 amide bonds. The molecule has 2 aromatic rings. The second-order valence-corrected chi connectivity index (χ2v) is 5.33. The van der Waals surface area contributed by atoms with Crippen LogP contribution in [0.5, 0.6) is 5.75 Å². The SMILES string of the molecule is CCc1ccc(Cl)c(CC)c1NC(=O)c1ccccc1OC. The van der Waals surface area contributed by atoms with Crippen LogP contribution in [0.3, 0.4) is 0 Å². The smallest absolute Gasteiger partial charge is 0.259 e. The number of hydrogen-bond donors (Lipinski definition) is 1. The highest BCUT2D eigenvalue weighted by Crippen LogP contribution is 2.30. The van der Waals surface area contributed by atoms with Gasteiger partial charge >= 0.3 is 0 Å². The molecule has 4 heteroatoms. The molecule has 0 unspecified atom stereocenters. The van der Waals surface area contributed by atoms with E-state index in [9.17, 15) is 4.79 Å². The molecule has 0 fully saturated rings. The number of carbonyl (C=O) groups is 1. The number of aryl methyl sites for hydroxylation is 1. The Morgan fingerprint density at radius 1 is 1.14 bits per heavy atom. The molecule has 0 aromatic heterocycles. The topological polar surface area (TPSA) is 38.3 Å². The monoisotopic (exact) mass is 317 g/mol. The quantitative estimate of drug-likeness (QED) is 0.866. The number of benzene rings is 2. The van der Waals surface area contributed by atoms with Crippen LogP contribution >= 0.6 is 11.6 Å². The molecule has 2 rings (SSSR count). The molecule has 0 saturated heterocycles. The lowest BCUT2D eigenvalue weighted by Gasteiger charge is -2.16. The number of hydrogen-bond acceptors (Lipinski definition) is 2. The molecule has 0 atom stereocenters. The molecule has 0 spiro atoms. The number of carbonyl (C=O) groups excluding carboxylic acids is 1. The molecule has 2 aromatic carbocycles. The maximum atomic E-state index is 12.6. The van der Waals surface area contributed by atoms with E-state index in [-0.39, 0.29) is 5.91 Å². The van der Waals surface area contributed by atoms with Crippen molar-refractivity contribution in [3.8, 4) is 5.75 Å². The molecular formula is C18H20ClNO2. The summed E-state index contributed by atoms with van der Waals surface area (Å²) in [5.41, 5.74) is 3.36. The first kappa shape index (κ1) is 16.4. The molecular weight excluding hydrogens is 298 g/mol. The van der Waals surface area contributed by atoms with Crippen molar-refractivity contribution in [2.75, 3.05) is 12.4 Å². The molecule has 3 nitrogen and oxygen atoms in total. The van der Waals surface area contributed by atoms with Crippen molar-refractivity contribution in [1.29, 1.82) is 0 Å². The van der Waals surface area contributed by atoms with Gasteiger partial charge in [-0.05, 0) is 42.2 Å². The highest BCUT2D eigenvalue weighted by Gasteiger charge is 2.16. The number of methoxy groups -OCH3 is 1. The third-order valence-corrected chi connectivity index (χ3v) is 4.02. The number of halogens is 1. The van der Waals surface area contributed by atoms with Crippen LogP contribution in [-0.2, 0) is 12.8 Å². The van der Waals surface area contributed by atoms with Gasteiger partial charge in [-0.15, -0.1) is 0 Å². The summed E-state index contributed by atoms with van der Waals surface area (Å²) in [6, 6.07) is 11.0. The summed E-state index contributed by atoms with van der Waals surface area (Å²) in [5.74, 6) is 0.363. The van der Waals surface area contributed by atoms with Gasteiger partial charge in [0.05, 0.1) is 12.7 Å². The number of anilines is 1. The van der Waals surface area contributed by atoms with E-state index in [1.165, 1.54) is 0 Å². The lowest BCUT2D eigenvalue weighted by Crippen LogP contribution is -2.16. The first-order valence-electron chi connectivity index (χ1n) is 7.36. The fraction of sp³-hybridized carbons (Fsp3) is 0.278. The summed E-state index contributed by atoms with van der Waals surface area (Å²) in [7, 11) is 1.56. The Morgan fingerprint density at radius 3 is 2.50 bits per heavy atom. The Hall–Kier alpha value is -2.00. The molecule has 0 aliphatic heterocycles. The minimum atomic E-state index is -0.191. The number of para-hydroxylation sites is 1. The van der Waals surface area contributed by atoms with Gasteiger partial charge in [-0.1, -0.05) is 43.6 Å². The van der Waals surface area contributed by atoms with Crippen LogP contribution < -0.4 is 10.1 Å². The minimum Gasteiger partial charge on any atom is -0.496 e. The van der Waals surface area contributed by atoms with E-state index in [4.69, 9.17) is 16.3 Å². The molecule has 22 heavy (non-hydrogen) atoms. The Bertz CT molecular complexity index is 683. The van der Waals surface area contributed by atoms with Crippen molar-refractivity contribution in [1.82, 2.24) is 0 Å². The van der Waals surface area contributed by atoms with Crippen molar-refractivity contribution in [3.05, 3.63) is 58.1 Å². The molecule has 0 saturated carbocycles. The van der Waals surface area contributed by atoms with Crippen LogP contribution in [0, 0.1) is 0 Å². The Labute approximate surface area is 136 Å². The Morgan fingerprint density at radius 2 is 1.86 bits per heavy atom. The van der Waals surface area contributed by atoms with E-state index >= 15 is 0 Å². The largest absolute Gasteiger partial charge is 0.496 e. The van der Waals surface area contributed by atoms with Crippen LogP contribution in [0.15, 0.2) is 36.4 Å². The zero-order valence-electron chi connectivity index (χ0n) is 13.1. The highest BCUT2D eigenvalue weighted by atomic mass is 35.5. The normalized spacial score (nSPS) is 10.4. The van der Waals surface area contributed by atoms with Gasteiger partial charge in [-0.2, -0.15) is 0 Å². The summed E-state index contributed by atoms with van der Waals surface area (Å²) in [6.45, 7) is 4.08. The summed E-state index contributed by atoms with van der Waals surface area (Å²) in [5, 5.41) is 3.69. The lowest BCUT2D eigenvalue weighted by atomic mass is 10.0. The number of rotatable bonds is 5. The average Bonchev–Trinajstić information content (AvgIpc) is 2.55. The third-order valence-electron chi connectivity index (χ3n) is 3.67. The molecule has 116 valence electrons. The van der Waals surface area contributed by atoms with Crippen LogP contribution in [0.2, 0.25) is 5.02 Å². The van der Waals surface area contributed by atoms with Crippen LogP contribution in [-0.4, -0.2) is 13.0 Å². The van der Waals surface area contributed by atoms with Gasteiger partial charge in [0.15, 0.2) is 0 Å². The Kier molecular flexibility index (Phi) is 5.45. The molecule has 0 aliphatic rings. The van der Waals surface area contributed by atoms with Gasteiger partial charge in [0, 0.05) is 10.7 Å².